The lowest BCUT2D eigenvalue weighted by Gasteiger charge is -2.22. The molecule has 0 atom stereocenters. The lowest BCUT2D eigenvalue weighted by Crippen LogP contribution is -2.21. The van der Waals surface area contributed by atoms with Gasteiger partial charge in [0, 0.05) is 22.3 Å². The van der Waals surface area contributed by atoms with Crippen molar-refractivity contribution in [3.05, 3.63) is 58.1 Å². The number of para-hydroxylation sites is 1. The van der Waals surface area contributed by atoms with Crippen LogP contribution in [-0.2, 0) is 6.42 Å². The van der Waals surface area contributed by atoms with Gasteiger partial charge in [0.25, 0.3) is 0 Å². The molecular weight excluding hydrogens is 318 g/mol. The van der Waals surface area contributed by atoms with Gasteiger partial charge in [-0.2, -0.15) is 0 Å². The number of hydrogen-bond donors (Lipinski definition) is 2. The molecule has 1 heterocycles. The van der Waals surface area contributed by atoms with E-state index in [0.717, 1.165) is 28.7 Å². The molecule has 0 saturated heterocycles. The highest BCUT2D eigenvalue weighted by atomic mass is 79.9. The fourth-order valence-corrected chi connectivity index (χ4v) is 2.94. The first-order valence-electron chi connectivity index (χ1n) is 6.33. The minimum atomic E-state index is 0.122. The third-order valence-corrected chi connectivity index (χ3v) is 4.01. The molecule has 0 spiro atoms. The Morgan fingerprint density at radius 3 is 2.80 bits per heavy atom. The predicted octanol–water partition coefficient (Wildman–Crippen LogP) is 3.24. The molecule has 0 aliphatic carbocycles. The summed E-state index contributed by atoms with van der Waals surface area (Å²) < 4.78 is 0.964. The summed E-state index contributed by atoms with van der Waals surface area (Å²) in [5.74, 6) is 0.122. The van der Waals surface area contributed by atoms with E-state index < -0.39 is 0 Å². The average Bonchev–Trinajstić information content (AvgIpc) is 2.90. The van der Waals surface area contributed by atoms with E-state index in [9.17, 15) is 0 Å². The van der Waals surface area contributed by atoms with Gasteiger partial charge >= 0.3 is 0 Å². The monoisotopic (exact) mass is 331 g/mol. The molecule has 0 saturated carbocycles. The third kappa shape index (κ3) is 2.14. The Kier molecular flexibility index (Phi) is 3.36. The smallest absolute Gasteiger partial charge is 0.172 e. The summed E-state index contributed by atoms with van der Waals surface area (Å²) in [7, 11) is 0. The number of benzene rings is 2. The largest absolute Gasteiger partial charge is 0.409 e. The number of oxime groups is 1. The highest BCUT2D eigenvalue weighted by Gasteiger charge is 2.23. The van der Waals surface area contributed by atoms with E-state index in [4.69, 9.17) is 10.9 Å². The van der Waals surface area contributed by atoms with E-state index in [2.05, 4.69) is 38.1 Å². The van der Waals surface area contributed by atoms with Crippen LogP contribution in [0.25, 0.3) is 0 Å². The van der Waals surface area contributed by atoms with Crippen molar-refractivity contribution in [2.45, 2.75) is 6.42 Å². The summed E-state index contributed by atoms with van der Waals surface area (Å²) in [5.41, 5.74) is 9.96. The van der Waals surface area contributed by atoms with Crippen molar-refractivity contribution in [2.24, 2.45) is 10.9 Å². The first-order chi connectivity index (χ1) is 9.70. The Labute approximate surface area is 125 Å². The van der Waals surface area contributed by atoms with Crippen molar-refractivity contribution in [1.29, 1.82) is 0 Å². The summed E-state index contributed by atoms with van der Waals surface area (Å²) in [6, 6.07) is 14.0. The van der Waals surface area contributed by atoms with E-state index in [1.54, 1.807) is 0 Å². The van der Waals surface area contributed by atoms with Crippen molar-refractivity contribution in [3.63, 3.8) is 0 Å². The molecule has 0 amide bonds. The van der Waals surface area contributed by atoms with Crippen molar-refractivity contribution in [3.8, 4) is 0 Å². The maximum Gasteiger partial charge on any atom is 0.172 e. The predicted molar refractivity (Wildman–Crippen MR) is 83.8 cm³/mol. The van der Waals surface area contributed by atoms with Gasteiger partial charge in [0.2, 0.25) is 0 Å². The van der Waals surface area contributed by atoms with Crippen LogP contribution in [0.15, 0.2) is 52.1 Å². The molecule has 1 aliphatic rings. The molecule has 5 heteroatoms. The molecular formula is C15H14BrN3O. The molecule has 20 heavy (non-hydrogen) atoms. The summed E-state index contributed by atoms with van der Waals surface area (Å²) in [4.78, 5) is 2.20. The highest BCUT2D eigenvalue weighted by Crippen LogP contribution is 2.37. The zero-order valence-electron chi connectivity index (χ0n) is 10.8. The molecule has 0 unspecified atom stereocenters. The normalized spacial score (nSPS) is 14.4. The highest BCUT2D eigenvalue weighted by molar-refractivity contribution is 9.10. The number of amidine groups is 1. The zero-order valence-corrected chi connectivity index (χ0v) is 12.3. The molecule has 0 aromatic heterocycles. The van der Waals surface area contributed by atoms with Crippen molar-refractivity contribution in [2.75, 3.05) is 11.4 Å². The number of nitrogens with zero attached hydrogens (tertiary/aromatic N) is 2. The van der Waals surface area contributed by atoms with Gasteiger partial charge in [0.1, 0.15) is 0 Å². The topological polar surface area (TPSA) is 61.9 Å². The number of anilines is 2. The summed E-state index contributed by atoms with van der Waals surface area (Å²) in [5, 5.41) is 12.1. The average molecular weight is 332 g/mol. The van der Waals surface area contributed by atoms with Crippen LogP contribution in [0.5, 0.6) is 0 Å². The van der Waals surface area contributed by atoms with Crippen LogP contribution >= 0.6 is 15.9 Å². The summed E-state index contributed by atoms with van der Waals surface area (Å²) in [6.45, 7) is 0.890. The lowest BCUT2D eigenvalue weighted by molar-refractivity contribution is 0.318. The SMILES string of the molecule is N/C(=N/O)c1ccc(Br)cc1N1CCc2ccccc21. The first-order valence-corrected chi connectivity index (χ1v) is 7.13. The van der Waals surface area contributed by atoms with Crippen LogP contribution in [0.1, 0.15) is 11.1 Å². The molecule has 4 nitrogen and oxygen atoms in total. The maximum absolute atomic E-state index is 8.95. The van der Waals surface area contributed by atoms with E-state index in [0.29, 0.717) is 0 Å². The molecule has 3 N–H and O–H groups in total. The van der Waals surface area contributed by atoms with Gasteiger partial charge in [-0.25, -0.2) is 0 Å². The number of rotatable bonds is 2. The van der Waals surface area contributed by atoms with E-state index >= 15 is 0 Å². The zero-order chi connectivity index (χ0) is 14.1. The number of halogens is 1. The second-order valence-electron chi connectivity index (χ2n) is 4.68. The molecule has 2 aromatic carbocycles. The Bertz CT molecular complexity index is 685. The van der Waals surface area contributed by atoms with Crippen LogP contribution in [0.2, 0.25) is 0 Å². The Balaban J connectivity index is 2.14. The van der Waals surface area contributed by atoms with Gasteiger partial charge in [0.05, 0.1) is 5.69 Å². The van der Waals surface area contributed by atoms with Gasteiger partial charge in [-0.15, -0.1) is 0 Å². The van der Waals surface area contributed by atoms with Crippen molar-refractivity contribution in [1.82, 2.24) is 0 Å². The van der Waals surface area contributed by atoms with Gasteiger partial charge < -0.3 is 15.8 Å². The minimum Gasteiger partial charge on any atom is -0.409 e. The first kappa shape index (κ1) is 13.0. The van der Waals surface area contributed by atoms with E-state index in [1.165, 1.54) is 11.3 Å². The van der Waals surface area contributed by atoms with Crippen LogP contribution in [0.4, 0.5) is 11.4 Å². The molecule has 0 bridgehead atoms. The van der Waals surface area contributed by atoms with Gasteiger partial charge in [-0.05, 0) is 36.2 Å². The number of hydrogen-bond acceptors (Lipinski definition) is 3. The standard InChI is InChI=1S/C15H14BrN3O/c16-11-5-6-12(15(17)18-20)14(9-11)19-8-7-10-3-1-2-4-13(10)19/h1-6,9,20H,7-8H2,(H2,17,18). The Morgan fingerprint density at radius 1 is 1.20 bits per heavy atom. The second-order valence-corrected chi connectivity index (χ2v) is 5.59. The molecule has 0 radical (unpaired) electrons. The Hall–Kier alpha value is -2.01. The number of fused-ring (bicyclic) bond motifs is 1. The van der Waals surface area contributed by atoms with Crippen LogP contribution in [0, 0.1) is 0 Å². The van der Waals surface area contributed by atoms with Gasteiger partial charge in [-0.1, -0.05) is 39.3 Å². The van der Waals surface area contributed by atoms with Crippen molar-refractivity contribution >= 4 is 33.1 Å². The summed E-state index contributed by atoms with van der Waals surface area (Å²) >= 11 is 3.48. The van der Waals surface area contributed by atoms with Gasteiger partial charge in [-0.3, -0.25) is 0 Å². The molecule has 102 valence electrons. The fraction of sp³-hybridized carbons (Fsp3) is 0.133. The molecule has 3 rings (SSSR count). The van der Waals surface area contributed by atoms with Crippen molar-refractivity contribution < 1.29 is 5.21 Å². The maximum atomic E-state index is 8.95. The summed E-state index contributed by atoms with van der Waals surface area (Å²) in [6.07, 6.45) is 0.998. The van der Waals surface area contributed by atoms with Gasteiger partial charge in [0.15, 0.2) is 5.84 Å². The van der Waals surface area contributed by atoms with Crippen LogP contribution < -0.4 is 10.6 Å². The van der Waals surface area contributed by atoms with Crippen LogP contribution in [0.3, 0.4) is 0 Å². The second kappa shape index (κ2) is 5.17. The molecule has 0 fully saturated rings. The number of nitrogens with two attached hydrogens (primary N) is 1. The van der Waals surface area contributed by atoms with E-state index in [1.807, 2.05) is 30.3 Å². The molecule has 1 aliphatic heterocycles. The fourth-order valence-electron chi connectivity index (χ4n) is 2.59. The molecule has 2 aromatic rings. The lowest BCUT2D eigenvalue weighted by atomic mass is 10.1. The third-order valence-electron chi connectivity index (χ3n) is 3.52. The van der Waals surface area contributed by atoms with Crippen LogP contribution in [-0.4, -0.2) is 17.6 Å². The van der Waals surface area contributed by atoms with E-state index in [-0.39, 0.29) is 5.84 Å². The minimum absolute atomic E-state index is 0.122. The quantitative estimate of drug-likeness (QED) is 0.384. The Morgan fingerprint density at radius 2 is 2.00 bits per heavy atom.